The first kappa shape index (κ1) is 54.7. The lowest BCUT2D eigenvalue weighted by Crippen LogP contribution is -2.60. The van der Waals surface area contributed by atoms with E-state index < -0.39 is 49.5 Å². The molecule has 7 unspecified atom stereocenters. The number of rotatable bonds is 41. The van der Waals surface area contributed by atoms with Crippen LogP contribution in [0.15, 0.2) is 24.3 Å². The molecule has 0 aromatic carbocycles. The van der Waals surface area contributed by atoms with Crippen LogP contribution in [0.1, 0.15) is 226 Å². The van der Waals surface area contributed by atoms with Crippen LogP contribution >= 0.6 is 0 Å². The number of nitrogens with one attached hydrogen (secondary N) is 1. The third-order valence-corrected chi connectivity index (χ3v) is 11.8. The predicted octanol–water partition coefficient (Wildman–Crippen LogP) is 10.7. The number of carbonyl (C=O) groups is 1. The number of aliphatic hydroxyl groups excluding tert-OH is 5. The van der Waals surface area contributed by atoms with Crippen molar-refractivity contribution in [1.82, 2.24) is 5.32 Å². The molecule has 1 aliphatic heterocycles. The first-order chi connectivity index (χ1) is 28.3. The molecule has 0 aromatic rings. The molecule has 1 aliphatic rings. The van der Waals surface area contributed by atoms with E-state index in [1.807, 2.05) is 0 Å². The minimum absolute atomic E-state index is 0.137. The van der Waals surface area contributed by atoms with Gasteiger partial charge in [0.2, 0.25) is 5.91 Å². The summed E-state index contributed by atoms with van der Waals surface area (Å²) in [5.74, 6) is -0.147. The van der Waals surface area contributed by atoms with Crippen molar-refractivity contribution in [3.05, 3.63) is 24.3 Å². The Morgan fingerprint density at radius 3 is 1.48 bits per heavy atom. The summed E-state index contributed by atoms with van der Waals surface area (Å²) in [6, 6.07) is -0.718. The van der Waals surface area contributed by atoms with E-state index in [-0.39, 0.29) is 12.5 Å². The van der Waals surface area contributed by atoms with Gasteiger partial charge < -0.3 is 40.3 Å². The van der Waals surface area contributed by atoms with Gasteiger partial charge in [0, 0.05) is 6.42 Å². The van der Waals surface area contributed by atoms with Crippen LogP contribution in [0.2, 0.25) is 0 Å². The maximum Gasteiger partial charge on any atom is 0.220 e. The van der Waals surface area contributed by atoms with Crippen LogP contribution in [0.5, 0.6) is 0 Å². The summed E-state index contributed by atoms with van der Waals surface area (Å²) in [7, 11) is 0. The van der Waals surface area contributed by atoms with Gasteiger partial charge in [-0.3, -0.25) is 4.79 Å². The molecular weight excluding hydrogens is 731 g/mol. The largest absolute Gasteiger partial charge is 0.394 e. The van der Waals surface area contributed by atoms with E-state index in [1.54, 1.807) is 0 Å². The minimum Gasteiger partial charge on any atom is -0.394 e. The van der Waals surface area contributed by atoms with Crippen molar-refractivity contribution in [1.29, 1.82) is 0 Å². The standard InChI is InChI=1S/C49H93NO8/c1-3-5-7-9-11-13-15-17-19-21-22-23-25-27-29-31-33-35-37-39-45(53)50-42(41-57-49-48(56)47(55)46(54)44(40-51)58-49)43(52)38-36-34-32-30-28-26-24-20-18-16-14-12-10-8-6-4-2/h11,13,15,17,42-44,46-49,51-52,54-56H,3-10,12,14,16,18-41H2,1-2H3,(H,50,53)/b13-11-,17-15-. The van der Waals surface area contributed by atoms with E-state index in [2.05, 4.69) is 43.5 Å². The van der Waals surface area contributed by atoms with E-state index in [4.69, 9.17) is 9.47 Å². The number of hydrogen-bond acceptors (Lipinski definition) is 8. The highest BCUT2D eigenvalue weighted by molar-refractivity contribution is 5.76. The van der Waals surface area contributed by atoms with Gasteiger partial charge in [-0.2, -0.15) is 0 Å². The number of allylic oxidation sites excluding steroid dienone is 4. The topological polar surface area (TPSA) is 149 Å². The monoisotopic (exact) mass is 824 g/mol. The molecule has 1 fully saturated rings. The Morgan fingerprint density at radius 1 is 0.586 bits per heavy atom. The maximum absolute atomic E-state index is 13.0. The van der Waals surface area contributed by atoms with Crippen LogP contribution in [-0.4, -0.2) is 87.5 Å². The van der Waals surface area contributed by atoms with Gasteiger partial charge in [-0.05, 0) is 38.5 Å². The third kappa shape index (κ3) is 29.8. The molecule has 9 heteroatoms. The molecule has 0 bridgehead atoms. The summed E-state index contributed by atoms with van der Waals surface area (Å²) in [4.78, 5) is 13.0. The zero-order valence-electron chi connectivity index (χ0n) is 37.6. The SMILES string of the molecule is CCCCC/C=C\C=C/CCCCCCCCCCCCC(=O)NC(COC1OC(CO)C(O)C(O)C1O)C(O)CCCCCCCCCCCCCCCCCC. The molecule has 0 saturated carbocycles. The Bertz CT molecular complexity index is 961. The smallest absolute Gasteiger partial charge is 0.220 e. The lowest BCUT2D eigenvalue weighted by molar-refractivity contribution is -0.302. The Kier molecular flexibility index (Phi) is 37.5. The molecule has 58 heavy (non-hydrogen) atoms. The highest BCUT2D eigenvalue weighted by Crippen LogP contribution is 2.23. The molecule has 1 saturated heterocycles. The second-order valence-electron chi connectivity index (χ2n) is 17.3. The zero-order chi connectivity index (χ0) is 42.3. The molecule has 1 amide bonds. The molecule has 6 N–H and O–H groups in total. The average molecular weight is 824 g/mol. The third-order valence-electron chi connectivity index (χ3n) is 11.8. The van der Waals surface area contributed by atoms with Crippen LogP contribution in [0.25, 0.3) is 0 Å². The number of unbranched alkanes of at least 4 members (excludes halogenated alkanes) is 28. The van der Waals surface area contributed by atoms with Gasteiger partial charge in [-0.1, -0.05) is 205 Å². The first-order valence-electron chi connectivity index (χ1n) is 24.6. The van der Waals surface area contributed by atoms with Crippen molar-refractivity contribution in [2.24, 2.45) is 0 Å². The Balaban J connectivity index is 2.29. The van der Waals surface area contributed by atoms with Gasteiger partial charge in [0.1, 0.15) is 24.4 Å². The van der Waals surface area contributed by atoms with Crippen LogP contribution in [0.4, 0.5) is 0 Å². The van der Waals surface area contributed by atoms with Gasteiger partial charge in [0.25, 0.3) is 0 Å². The molecule has 342 valence electrons. The summed E-state index contributed by atoms with van der Waals surface area (Å²) in [6.07, 6.45) is 40.3. The molecular formula is C49H93NO8. The van der Waals surface area contributed by atoms with Crippen LogP contribution in [-0.2, 0) is 14.3 Å². The lowest BCUT2D eigenvalue weighted by atomic mass is 9.99. The van der Waals surface area contributed by atoms with Gasteiger partial charge in [-0.25, -0.2) is 0 Å². The van der Waals surface area contributed by atoms with Gasteiger partial charge >= 0.3 is 0 Å². The van der Waals surface area contributed by atoms with Crippen molar-refractivity contribution in [2.45, 2.75) is 269 Å². The van der Waals surface area contributed by atoms with E-state index in [0.717, 1.165) is 44.9 Å². The van der Waals surface area contributed by atoms with E-state index in [9.17, 15) is 30.3 Å². The van der Waals surface area contributed by atoms with Crippen molar-refractivity contribution < 1.29 is 39.8 Å². The predicted molar refractivity (Wildman–Crippen MR) is 240 cm³/mol. The van der Waals surface area contributed by atoms with Crippen molar-refractivity contribution in [3.8, 4) is 0 Å². The average Bonchev–Trinajstić information content (AvgIpc) is 3.22. The molecule has 7 atom stereocenters. The molecule has 0 spiro atoms. The van der Waals surface area contributed by atoms with Crippen LogP contribution in [0.3, 0.4) is 0 Å². The second-order valence-corrected chi connectivity index (χ2v) is 17.3. The van der Waals surface area contributed by atoms with Gasteiger partial charge in [0.05, 0.1) is 25.4 Å². The first-order valence-corrected chi connectivity index (χ1v) is 24.6. The van der Waals surface area contributed by atoms with Crippen molar-refractivity contribution in [2.75, 3.05) is 13.2 Å². The highest BCUT2D eigenvalue weighted by Gasteiger charge is 2.44. The van der Waals surface area contributed by atoms with Crippen LogP contribution < -0.4 is 5.32 Å². The summed E-state index contributed by atoms with van der Waals surface area (Å²) in [5.41, 5.74) is 0. The quantitative estimate of drug-likeness (QED) is 0.0264. The molecule has 9 nitrogen and oxygen atoms in total. The van der Waals surface area contributed by atoms with E-state index >= 15 is 0 Å². The fourth-order valence-electron chi connectivity index (χ4n) is 7.86. The number of aliphatic hydroxyl groups is 5. The number of amides is 1. The summed E-state index contributed by atoms with van der Waals surface area (Å²) < 4.78 is 11.3. The molecule has 0 aromatic heterocycles. The van der Waals surface area contributed by atoms with Gasteiger partial charge in [0.15, 0.2) is 6.29 Å². The van der Waals surface area contributed by atoms with E-state index in [0.29, 0.717) is 12.8 Å². The maximum atomic E-state index is 13.0. The fraction of sp³-hybridized carbons (Fsp3) is 0.898. The van der Waals surface area contributed by atoms with Gasteiger partial charge in [-0.15, -0.1) is 0 Å². The summed E-state index contributed by atoms with van der Waals surface area (Å²) in [6.45, 7) is 3.82. The van der Waals surface area contributed by atoms with Crippen molar-refractivity contribution >= 4 is 5.91 Å². The number of ether oxygens (including phenoxy) is 2. The Morgan fingerprint density at radius 2 is 1.00 bits per heavy atom. The molecule has 1 rings (SSSR count). The zero-order valence-corrected chi connectivity index (χ0v) is 37.6. The van der Waals surface area contributed by atoms with Crippen LogP contribution in [0, 0.1) is 0 Å². The fourth-order valence-corrected chi connectivity index (χ4v) is 7.86. The Hall–Kier alpha value is -1.33. The van der Waals surface area contributed by atoms with Crippen molar-refractivity contribution in [3.63, 3.8) is 0 Å². The molecule has 1 heterocycles. The second kappa shape index (κ2) is 39.8. The normalized spacial score (nSPS) is 21.0. The summed E-state index contributed by atoms with van der Waals surface area (Å²) in [5, 5.41) is 54.4. The summed E-state index contributed by atoms with van der Waals surface area (Å²) >= 11 is 0. The van der Waals surface area contributed by atoms with E-state index in [1.165, 1.54) is 154 Å². The molecule has 0 aliphatic carbocycles. The number of hydrogen-bond donors (Lipinski definition) is 6. The number of carbonyl (C=O) groups excluding carboxylic acids is 1. The Labute approximate surface area is 356 Å². The lowest BCUT2D eigenvalue weighted by Gasteiger charge is -2.40. The highest BCUT2D eigenvalue weighted by atomic mass is 16.7. The minimum atomic E-state index is -1.55. The molecule has 0 radical (unpaired) electrons.